The maximum atomic E-state index is 5.17. The van der Waals surface area contributed by atoms with Crippen LogP contribution in [0.5, 0.6) is 5.88 Å². The molecule has 0 saturated carbocycles. The Labute approximate surface area is 105 Å². The van der Waals surface area contributed by atoms with Crippen LogP contribution in [0, 0.1) is 0 Å². The van der Waals surface area contributed by atoms with E-state index in [0.717, 1.165) is 18.8 Å². The zero-order chi connectivity index (χ0) is 13.0. The van der Waals surface area contributed by atoms with Crippen LogP contribution in [0.15, 0.2) is 6.07 Å². The Bertz CT molecular complexity index is 504. The van der Waals surface area contributed by atoms with Crippen molar-refractivity contribution in [3.05, 3.63) is 11.9 Å². The molecule has 0 spiro atoms. The fraction of sp³-hybridized carbons (Fsp3) is 0.600. The molecule has 2 rings (SSSR count). The summed E-state index contributed by atoms with van der Waals surface area (Å²) in [5.41, 5.74) is 0. The second-order valence-corrected chi connectivity index (χ2v) is 3.85. The van der Waals surface area contributed by atoms with Crippen LogP contribution in [0.1, 0.15) is 19.2 Å². The molecule has 18 heavy (non-hydrogen) atoms. The van der Waals surface area contributed by atoms with Gasteiger partial charge in [0.2, 0.25) is 5.88 Å². The van der Waals surface area contributed by atoms with Gasteiger partial charge in [0.15, 0.2) is 11.6 Å². The van der Waals surface area contributed by atoms with Gasteiger partial charge in [-0.3, -0.25) is 0 Å². The van der Waals surface area contributed by atoms with Gasteiger partial charge in [0, 0.05) is 13.1 Å². The first-order valence-corrected chi connectivity index (χ1v) is 5.82. The summed E-state index contributed by atoms with van der Waals surface area (Å²) in [5, 5.41) is 19.1. The third kappa shape index (κ3) is 2.48. The average molecular weight is 251 g/mol. The summed E-state index contributed by atoms with van der Waals surface area (Å²) in [7, 11) is 3.41. The molecule has 98 valence electrons. The van der Waals surface area contributed by atoms with Gasteiger partial charge in [-0.05, 0) is 23.4 Å². The van der Waals surface area contributed by atoms with E-state index in [1.165, 1.54) is 0 Å². The van der Waals surface area contributed by atoms with Crippen molar-refractivity contribution < 1.29 is 4.74 Å². The third-order valence-corrected chi connectivity index (χ3v) is 2.49. The lowest BCUT2D eigenvalue weighted by Crippen LogP contribution is -2.17. The zero-order valence-electron chi connectivity index (χ0n) is 10.8. The lowest BCUT2D eigenvalue weighted by molar-refractivity contribution is 0.373. The SMILES string of the molecule is CCCNCc1nnnn1-c1cc(OC)n(C)n1. The molecular formula is C10H17N7O. The molecule has 0 aliphatic rings. The number of aromatic nitrogens is 6. The Kier molecular flexibility index (Phi) is 3.88. The van der Waals surface area contributed by atoms with Gasteiger partial charge >= 0.3 is 0 Å². The average Bonchev–Trinajstić information content (AvgIpc) is 2.95. The van der Waals surface area contributed by atoms with Crippen LogP contribution in [0.25, 0.3) is 5.82 Å². The first-order valence-electron chi connectivity index (χ1n) is 5.82. The highest BCUT2D eigenvalue weighted by molar-refractivity contribution is 5.28. The van der Waals surface area contributed by atoms with E-state index in [9.17, 15) is 0 Å². The molecule has 0 atom stereocenters. The Morgan fingerprint density at radius 3 is 2.94 bits per heavy atom. The maximum Gasteiger partial charge on any atom is 0.213 e. The van der Waals surface area contributed by atoms with Crippen molar-refractivity contribution in [2.24, 2.45) is 7.05 Å². The molecule has 0 unspecified atom stereocenters. The number of aryl methyl sites for hydroxylation is 1. The van der Waals surface area contributed by atoms with Gasteiger partial charge in [0.25, 0.3) is 0 Å². The molecule has 0 aliphatic carbocycles. The molecule has 2 heterocycles. The molecule has 0 aromatic carbocycles. The van der Waals surface area contributed by atoms with Gasteiger partial charge in [-0.15, -0.1) is 10.2 Å². The Morgan fingerprint density at radius 2 is 2.28 bits per heavy atom. The first-order chi connectivity index (χ1) is 8.76. The van der Waals surface area contributed by atoms with Gasteiger partial charge in [-0.2, -0.15) is 4.68 Å². The van der Waals surface area contributed by atoms with E-state index >= 15 is 0 Å². The van der Waals surface area contributed by atoms with E-state index in [0.29, 0.717) is 18.2 Å². The largest absolute Gasteiger partial charge is 0.481 e. The predicted octanol–water partition coefficient (Wildman–Crippen LogP) is -0.0960. The van der Waals surface area contributed by atoms with Crippen molar-refractivity contribution in [3.8, 4) is 11.7 Å². The number of tetrazole rings is 1. The molecule has 0 saturated heterocycles. The van der Waals surface area contributed by atoms with Crippen LogP contribution >= 0.6 is 0 Å². The van der Waals surface area contributed by atoms with E-state index in [2.05, 4.69) is 32.9 Å². The standard InChI is InChI=1S/C10H17N7O/c1-4-5-11-7-9-12-14-15-17(9)8-6-10(18-3)16(2)13-8/h6,11H,4-5,7H2,1-3H3. The Hall–Kier alpha value is -1.96. The normalized spacial score (nSPS) is 10.8. The Morgan fingerprint density at radius 1 is 1.44 bits per heavy atom. The molecule has 0 radical (unpaired) electrons. The molecular weight excluding hydrogens is 234 g/mol. The summed E-state index contributed by atoms with van der Waals surface area (Å²) in [6.45, 7) is 3.65. The monoisotopic (exact) mass is 251 g/mol. The van der Waals surface area contributed by atoms with Crippen molar-refractivity contribution in [1.82, 2.24) is 35.3 Å². The van der Waals surface area contributed by atoms with Crippen LogP contribution in [-0.2, 0) is 13.6 Å². The molecule has 1 N–H and O–H groups in total. The van der Waals surface area contributed by atoms with Crippen molar-refractivity contribution in [2.75, 3.05) is 13.7 Å². The van der Waals surface area contributed by atoms with E-state index < -0.39 is 0 Å². The van der Waals surface area contributed by atoms with E-state index in [4.69, 9.17) is 4.74 Å². The lowest BCUT2D eigenvalue weighted by Gasteiger charge is -2.01. The highest BCUT2D eigenvalue weighted by Gasteiger charge is 2.13. The molecule has 2 aromatic rings. The number of nitrogens with zero attached hydrogens (tertiary/aromatic N) is 6. The lowest BCUT2D eigenvalue weighted by atomic mass is 10.4. The predicted molar refractivity (Wildman–Crippen MR) is 64.5 cm³/mol. The fourth-order valence-electron chi connectivity index (χ4n) is 1.60. The minimum atomic E-state index is 0.611. The van der Waals surface area contributed by atoms with Gasteiger partial charge in [-0.25, -0.2) is 4.68 Å². The van der Waals surface area contributed by atoms with Crippen molar-refractivity contribution in [2.45, 2.75) is 19.9 Å². The number of methoxy groups -OCH3 is 1. The van der Waals surface area contributed by atoms with Crippen LogP contribution in [0.3, 0.4) is 0 Å². The quantitative estimate of drug-likeness (QED) is 0.722. The fourth-order valence-corrected chi connectivity index (χ4v) is 1.60. The zero-order valence-corrected chi connectivity index (χ0v) is 10.8. The summed E-state index contributed by atoms with van der Waals surface area (Å²) >= 11 is 0. The smallest absolute Gasteiger partial charge is 0.213 e. The molecule has 2 aromatic heterocycles. The van der Waals surface area contributed by atoms with Gasteiger partial charge in [0.05, 0.1) is 13.7 Å². The van der Waals surface area contributed by atoms with Gasteiger partial charge < -0.3 is 10.1 Å². The van der Waals surface area contributed by atoms with E-state index in [1.54, 1.807) is 22.5 Å². The van der Waals surface area contributed by atoms with Crippen molar-refractivity contribution >= 4 is 0 Å². The molecule has 0 bridgehead atoms. The summed E-state index contributed by atoms with van der Waals surface area (Å²) in [6, 6.07) is 1.79. The van der Waals surface area contributed by atoms with Gasteiger partial charge in [-0.1, -0.05) is 6.92 Å². The minimum Gasteiger partial charge on any atom is -0.481 e. The van der Waals surface area contributed by atoms with E-state index in [-0.39, 0.29) is 0 Å². The molecule has 0 fully saturated rings. The Balaban J connectivity index is 2.19. The second kappa shape index (κ2) is 5.58. The summed E-state index contributed by atoms with van der Waals surface area (Å²) in [6.07, 6.45) is 1.07. The van der Waals surface area contributed by atoms with Crippen molar-refractivity contribution in [1.29, 1.82) is 0 Å². The van der Waals surface area contributed by atoms with E-state index in [1.807, 2.05) is 7.05 Å². The summed E-state index contributed by atoms with van der Waals surface area (Å²) in [5.74, 6) is 2.03. The number of nitrogens with one attached hydrogen (secondary N) is 1. The molecule has 0 amide bonds. The first kappa shape index (κ1) is 12.5. The topological polar surface area (TPSA) is 82.7 Å². The number of hydrogen-bond acceptors (Lipinski definition) is 6. The molecule has 8 heteroatoms. The van der Waals surface area contributed by atoms with Crippen molar-refractivity contribution in [3.63, 3.8) is 0 Å². The number of ether oxygens (including phenoxy) is 1. The van der Waals surface area contributed by atoms with Gasteiger partial charge in [0.1, 0.15) is 0 Å². The van der Waals surface area contributed by atoms with Crippen LogP contribution in [0.4, 0.5) is 0 Å². The number of hydrogen-bond donors (Lipinski definition) is 1. The highest BCUT2D eigenvalue weighted by atomic mass is 16.5. The minimum absolute atomic E-state index is 0.611. The van der Waals surface area contributed by atoms with Crippen LogP contribution in [-0.4, -0.2) is 43.6 Å². The van der Waals surface area contributed by atoms with Crippen LogP contribution in [0.2, 0.25) is 0 Å². The van der Waals surface area contributed by atoms with Crippen LogP contribution < -0.4 is 10.1 Å². The molecule has 8 nitrogen and oxygen atoms in total. The second-order valence-electron chi connectivity index (χ2n) is 3.85. The third-order valence-electron chi connectivity index (χ3n) is 2.49. The number of rotatable bonds is 6. The highest BCUT2D eigenvalue weighted by Crippen LogP contribution is 2.14. The maximum absolute atomic E-state index is 5.17. The molecule has 0 aliphatic heterocycles. The summed E-state index contributed by atoms with van der Waals surface area (Å²) in [4.78, 5) is 0. The summed E-state index contributed by atoms with van der Waals surface area (Å²) < 4.78 is 8.41.